The molecule has 0 fully saturated rings. The molecule has 4 rings (SSSR count). The van der Waals surface area contributed by atoms with Gasteiger partial charge in [-0.05, 0) is 88.3 Å². The summed E-state index contributed by atoms with van der Waals surface area (Å²) in [5.74, 6) is -1.18. The van der Waals surface area contributed by atoms with Gasteiger partial charge in [0.15, 0.2) is 0 Å². The third-order valence-corrected chi connectivity index (χ3v) is 9.67. The number of nitrogens with zero attached hydrogens (tertiary/aromatic N) is 2. The fourth-order valence-electron chi connectivity index (χ4n) is 5.71. The number of benzene rings is 2. The number of hydrogen-bond donors (Lipinski definition) is 3. The first-order valence-electron chi connectivity index (χ1n) is 14.8. The number of nitrogen functional groups attached to an aromatic ring is 1. The van der Waals surface area contributed by atoms with E-state index in [0.717, 1.165) is 42.6 Å². The molecule has 43 heavy (non-hydrogen) atoms. The summed E-state index contributed by atoms with van der Waals surface area (Å²) in [4.78, 5) is 30.9. The lowest BCUT2D eigenvalue weighted by Crippen LogP contribution is -2.56. The number of fused-ring (bicyclic) bond motifs is 1. The van der Waals surface area contributed by atoms with Crippen molar-refractivity contribution < 1.29 is 22.7 Å². The van der Waals surface area contributed by atoms with Crippen molar-refractivity contribution in [3.8, 4) is 0 Å². The van der Waals surface area contributed by atoms with E-state index in [2.05, 4.69) is 23.5 Å². The highest BCUT2D eigenvalue weighted by Crippen LogP contribution is 2.24. The van der Waals surface area contributed by atoms with E-state index in [1.165, 1.54) is 4.90 Å². The van der Waals surface area contributed by atoms with Crippen LogP contribution in [-0.2, 0) is 43.6 Å². The molecule has 11 heteroatoms. The largest absolute Gasteiger partial charge is 0.464 e. The van der Waals surface area contributed by atoms with Crippen LogP contribution in [0.4, 0.5) is 0 Å². The smallest absolute Gasteiger partial charge is 0.329 e. The normalized spacial score (nSPS) is 18.4. The zero-order valence-electron chi connectivity index (χ0n) is 25.4. The summed E-state index contributed by atoms with van der Waals surface area (Å²) in [6.07, 6.45) is 3.75. The van der Waals surface area contributed by atoms with Crippen molar-refractivity contribution in [1.29, 1.82) is 5.41 Å². The van der Waals surface area contributed by atoms with E-state index in [1.54, 1.807) is 43.3 Å². The number of sulfonamides is 1. The maximum Gasteiger partial charge on any atom is 0.329 e. The molecule has 2 aromatic carbocycles. The number of carbonyl (C=O) groups excluding carboxylic acids is 2. The summed E-state index contributed by atoms with van der Waals surface area (Å²) >= 11 is 0. The van der Waals surface area contributed by atoms with E-state index in [9.17, 15) is 18.0 Å². The summed E-state index contributed by atoms with van der Waals surface area (Å²) < 4.78 is 35.7. The Labute approximate surface area is 254 Å². The van der Waals surface area contributed by atoms with Crippen LogP contribution in [0.2, 0.25) is 0 Å². The predicted octanol–water partition coefficient (Wildman–Crippen LogP) is 2.78. The van der Waals surface area contributed by atoms with Gasteiger partial charge in [0.1, 0.15) is 17.9 Å². The SMILES string of the molecule is CCOC(=O)[C@H]1CC(C)=CCN1C(=O)[C@H](Cc1cccc(C(=N)N)c1)NS(=O)(=O)c1ccc2c(c1)CCN(C(C)C)CC2. The van der Waals surface area contributed by atoms with Crippen LogP contribution in [0.5, 0.6) is 0 Å². The van der Waals surface area contributed by atoms with E-state index in [0.29, 0.717) is 23.6 Å². The minimum absolute atomic E-state index is 0.00220. The van der Waals surface area contributed by atoms with Gasteiger partial charge in [0.2, 0.25) is 15.9 Å². The summed E-state index contributed by atoms with van der Waals surface area (Å²) in [6.45, 7) is 9.99. The number of amides is 1. The highest BCUT2D eigenvalue weighted by atomic mass is 32.2. The van der Waals surface area contributed by atoms with Crippen molar-refractivity contribution in [3.63, 3.8) is 0 Å². The topological polar surface area (TPSA) is 146 Å². The van der Waals surface area contributed by atoms with E-state index >= 15 is 0 Å². The monoisotopic (exact) mass is 609 g/mol. The van der Waals surface area contributed by atoms with Gasteiger partial charge in [0.25, 0.3) is 0 Å². The molecule has 10 nitrogen and oxygen atoms in total. The van der Waals surface area contributed by atoms with Gasteiger partial charge in [-0.15, -0.1) is 0 Å². The van der Waals surface area contributed by atoms with Crippen molar-refractivity contribution in [2.24, 2.45) is 5.73 Å². The average molecular weight is 610 g/mol. The zero-order valence-corrected chi connectivity index (χ0v) is 26.2. The molecule has 0 aromatic heterocycles. The van der Waals surface area contributed by atoms with Crippen molar-refractivity contribution in [1.82, 2.24) is 14.5 Å². The lowest BCUT2D eigenvalue weighted by Gasteiger charge is -2.35. The summed E-state index contributed by atoms with van der Waals surface area (Å²) in [6, 6.07) is 10.3. The molecular weight excluding hydrogens is 566 g/mol. The van der Waals surface area contributed by atoms with Crippen LogP contribution in [0.3, 0.4) is 0 Å². The predicted molar refractivity (Wildman–Crippen MR) is 166 cm³/mol. The minimum Gasteiger partial charge on any atom is -0.464 e. The van der Waals surface area contributed by atoms with E-state index in [4.69, 9.17) is 15.9 Å². The van der Waals surface area contributed by atoms with Crippen molar-refractivity contribution in [3.05, 3.63) is 76.4 Å². The number of hydrogen-bond acceptors (Lipinski definition) is 7. The Kier molecular flexibility index (Phi) is 10.4. The summed E-state index contributed by atoms with van der Waals surface area (Å²) in [5, 5.41) is 7.81. The number of rotatable bonds is 10. The third-order valence-electron chi connectivity index (χ3n) is 8.20. The van der Waals surface area contributed by atoms with Crippen LogP contribution < -0.4 is 10.5 Å². The average Bonchev–Trinajstić information content (AvgIpc) is 3.19. The van der Waals surface area contributed by atoms with Gasteiger partial charge < -0.3 is 20.3 Å². The van der Waals surface area contributed by atoms with Crippen molar-refractivity contribution >= 4 is 27.7 Å². The lowest BCUT2D eigenvalue weighted by atomic mass is 9.98. The highest BCUT2D eigenvalue weighted by Gasteiger charge is 2.38. The third kappa shape index (κ3) is 7.90. The maximum atomic E-state index is 14.1. The Morgan fingerprint density at radius 3 is 2.51 bits per heavy atom. The summed E-state index contributed by atoms with van der Waals surface area (Å²) in [5.41, 5.74) is 9.85. The molecule has 1 amide bonds. The van der Waals surface area contributed by atoms with Crippen LogP contribution in [0.1, 0.15) is 56.4 Å². The van der Waals surface area contributed by atoms with E-state index in [-0.39, 0.29) is 30.3 Å². The molecule has 0 saturated carbocycles. The molecule has 0 spiro atoms. The molecular formula is C32H43N5O5S. The van der Waals surface area contributed by atoms with Crippen molar-refractivity contribution in [2.45, 2.75) is 76.4 Å². The number of carbonyl (C=O) groups is 2. The maximum absolute atomic E-state index is 14.1. The second kappa shape index (κ2) is 13.8. The molecule has 0 aliphatic carbocycles. The van der Waals surface area contributed by atoms with Gasteiger partial charge >= 0.3 is 5.97 Å². The van der Waals surface area contributed by atoms with E-state index < -0.39 is 34.0 Å². The molecule has 2 aromatic rings. The molecule has 4 N–H and O–H groups in total. The van der Waals surface area contributed by atoms with Gasteiger partial charge in [-0.3, -0.25) is 10.2 Å². The van der Waals surface area contributed by atoms with Crippen LogP contribution in [-0.4, -0.2) is 80.3 Å². The number of amidine groups is 1. The molecule has 0 unspecified atom stereocenters. The van der Waals surface area contributed by atoms with Gasteiger partial charge in [-0.2, -0.15) is 4.72 Å². The number of nitrogens with one attached hydrogen (secondary N) is 2. The molecule has 2 atom stereocenters. The van der Waals surface area contributed by atoms with Gasteiger partial charge in [0.05, 0.1) is 11.5 Å². The molecule has 0 saturated heterocycles. The molecule has 0 radical (unpaired) electrons. The number of nitrogens with two attached hydrogens (primary N) is 1. The standard InChI is InChI=1S/C32H43N5O5S/c1-5-42-32(39)29-17-22(4)11-16-37(29)31(38)28(19-23-7-6-8-26(18-23)30(33)34)35-43(40,41)27-10-9-24-12-14-36(21(2)3)15-13-25(24)20-27/h6-11,18,20-21,28-29,35H,5,12-17,19H2,1-4H3,(H3,33,34)/t28-,29+/m0/s1. The summed E-state index contributed by atoms with van der Waals surface area (Å²) in [7, 11) is -4.13. The molecule has 2 aliphatic rings. The Morgan fingerprint density at radius 2 is 1.84 bits per heavy atom. The first kappa shape index (κ1) is 32.4. The fourth-order valence-corrected chi connectivity index (χ4v) is 6.95. The second-order valence-corrected chi connectivity index (χ2v) is 13.3. The lowest BCUT2D eigenvalue weighted by molar-refractivity contribution is -0.155. The first-order valence-corrected chi connectivity index (χ1v) is 16.3. The Balaban J connectivity index is 1.67. The molecule has 0 bridgehead atoms. The number of ether oxygens (including phenoxy) is 1. The highest BCUT2D eigenvalue weighted by molar-refractivity contribution is 7.89. The Bertz CT molecular complexity index is 1500. The van der Waals surface area contributed by atoms with Gasteiger partial charge in [0, 0.05) is 31.2 Å². The van der Waals surface area contributed by atoms with Gasteiger partial charge in [-0.1, -0.05) is 35.9 Å². The molecule has 2 aliphatic heterocycles. The van der Waals surface area contributed by atoms with Crippen molar-refractivity contribution in [2.75, 3.05) is 26.2 Å². The van der Waals surface area contributed by atoms with Crippen LogP contribution in [0.25, 0.3) is 0 Å². The van der Waals surface area contributed by atoms with Crippen LogP contribution in [0.15, 0.2) is 59.0 Å². The molecule has 2 heterocycles. The van der Waals surface area contributed by atoms with Crippen LogP contribution >= 0.6 is 0 Å². The number of esters is 1. The minimum atomic E-state index is -4.13. The molecule has 232 valence electrons. The second-order valence-electron chi connectivity index (χ2n) is 11.6. The quantitative estimate of drug-likeness (QED) is 0.163. The Hall–Kier alpha value is -3.54. The fraction of sp³-hybridized carbons (Fsp3) is 0.469. The van der Waals surface area contributed by atoms with Gasteiger partial charge in [-0.25, -0.2) is 13.2 Å². The first-order chi connectivity index (χ1) is 20.4. The Morgan fingerprint density at radius 1 is 1.12 bits per heavy atom. The van der Waals surface area contributed by atoms with Crippen LogP contribution in [0, 0.1) is 5.41 Å². The zero-order chi connectivity index (χ0) is 31.3. The van der Waals surface area contributed by atoms with E-state index in [1.807, 2.05) is 19.1 Å².